The number of carbonyl (C=O) groups is 3. The number of anilines is 2. The van der Waals surface area contributed by atoms with Gasteiger partial charge in [0.25, 0.3) is 0 Å². The summed E-state index contributed by atoms with van der Waals surface area (Å²) in [5.41, 5.74) is 1.39. The van der Waals surface area contributed by atoms with Crippen LogP contribution in [0, 0.1) is 12.3 Å². The first-order valence-corrected chi connectivity index (χ1v) is 8.70. The van der Waals surface area contributed by atoms with E-state index in [-0.39, 0.29) is 17.6 Å². The van der Waals surface area contributed by atoms with Crippen LogP contribution in [0.2, 0.25) is 5.02 Å². The fourth-order valence-electron chi connectivity index (χ4n) is 2.72. The molecule has 0 heterocycles. The molecule has 2 amide bonds. The highest BCUT2D eigenvalue weighted by atomic mass is 35.5. The Balaban J connectivity index is 1.74. The Bertz CT molecular complexity index is 904. The first kappa shape index (κ1) is 18.1. The largest absolute Gasteiger partial charge is 0.325 e. The molecule has 0 saturated heterocycles. The quantitative estimate of drug-likeness (QED) is 0.611. The van der Waals surface area contributed by atoms with E-state index in [0.29, 0.717) is 34.8 Å². The van der Waals surface area contributed by atoms with Crippen LogP contribution in [0.3, 0.4) is 0 Å². The molecule has 0 unspecified atom stereocenters. The fraction of sp³-hybridized carbons (Fsp3) is 0.250. The van der Waals surface area contributed by atoms with E-state index in [1.54, 1.807) is 36.4 Å². The molecule has 26 heavy (non-hydrogen) atoms. The molecule has 134 valence electrons. The number of aryl methyl sites for hydroxylation is 1. The predicted molar refractivity (Wildman–Crippen MR) is 102 cm³/mol. The summed E-state index contributed by atoms with van der Waals surface area (Å²) in [5.74, 6) is -0.796. The molecule has 0 atom stereocenters. The van der Waals surface area contributed by atoms with Crippen molar-refractivity contribution in [2.75, 3.05) is 10.6 Å². The Morgan fingerprint density at radius 3 is 2.35 bits per heavy atom. The summed E-state index contributed by atoms with van der Waals surface area (Å²) >= 11 is 5.98. The highest BCUT2D eigenvalue weighted by molar-refractivity contribution is 6.31. The second-order valence-electron chi connectivity index (χ2n) is 6.59. The van der Waals surface area contributed by atoms with Crippen molar-refractivity contribution in [2.45, 2.75) is 26.7 Å². The first-order valence-electron chi connectivity index (χ1n) is 8.32. The van der Waals surface area contributed by atoms with Crippen LogP contribution in [-0.4, -0.2) is 17.6 Å². The minimum Gasteiger partial charge on any atom is -0.325 e. The molecule has 6 heteroatoms. The van der Waals surface area contributed by atoms with Crippen LogP contribution in [0.25, 0.3) is 0 Å². The molecular weight excluding hydrogens is 352 g/mol. The molecule has 3 rings (SSSR count). The summed E-state index contributed by atoms with van der Waals surface area (Å²) < 4.78 is 0. The zero-order valence-electron chi connectivity index (χ0n) is 14.6. The van der Waals surface area contributed by atoms with Crippen molar-refractivity contribution in [3.8, 4) is 0 Å². The molecule has 0 aromatic heterocycles. The van der Waals surface area contributed by atoms with Gasteiger partial charge in [0.1, 0.15) is 5.41 Å². The lowest BCUT2D eigenvalue weighted by molar-refractivity contribution is -0.131. The molecule has 1 aliphatic rings. The smallest absolute Gasteiger partial charge is 0.240 e. The number of ketones is 1. The van der Waals surface area contributed by atoms with E-state index in [2.05, 4.69) is 10.6 Å². The van der Waals surface area contributed by atoms with E-state index >= 15 is 0 Å². The molecule has 1 fully saturated rings. The summed E-state index contributed by atoms with van der Waals surface area (Å²) in [4.78, 5) is 36.9. The minimum absolute atomic E-state index is 0.0867. The third-order valence-corrected chi connectivity index (χ3v) is 4.83. The minimum atomic E-state index is -1.08. The number of Topliss-reactive ketones (excluding diaryl/α,β-unsaturated/α-hetero) is 1. The van der Waals surface area contributed by atoms with Gasteiger partial charge in [-0.05, 0) is 56.5 Å². The molecule has 5 nitrogen and oxygen atoms in total. The number of carbonyl (C=O) groups excluding carboxylic acids is 3. The van der Waals surface area contributed by atoms with Crippen molar-refractivity contribution < 1.29 is 14.4 Å². The molecule has 0 spiro atoms. The number of nitrogens with one attached hydrogen (secondary N) is 2. The Labute approximate surface area is 156 Å². The van der Waals surface area contributed by atoms with E-state index in [9.17, 15) is 14.4 Å². The highest BCUT2D eigenvalue weighted by Gasteiger charge is 2.56. The molecule has 1 aliphatic carbocycles. The number of halogens is 1. The van der Waals surface area contributed by atoms with Gasteiger partial charge in [0, 0.05) is 22.0 Å². The van der Waals surface area contributed by atoms with Gasteiger partial charge in [-0.3, -0.25) is 14.4 Å². The average Bonchev–Trinajstić information content (AvgIpc) is 3.40. The summed E-state index contributed by atoms with van der Waals surface area (Å²) in [6.45, 7) is 3.32. The van der Waals surface area contributed by atoms with E-state index in [1.807, 2.05) is 13.0 Å². The highest BCUT2D eigenvalue weighted by Crippen LogP contribution is 2.47. The van der Waals surface area contributed by atoms with E-state index < -0.39 is 5.41 Å². The normalized spacial score (nSPS) is 14.4. The van der Waals surface area contributed by atoms with Crippen LogP contribution in [0.4, 0.5) is 11.4 Å². The number of hydrogen-bond donors (Lipinski definition) is 2. The van der Waals surface area contributed by atoms with Crippen molar-refractivity contribution >= 4 is 40.6 Å². The maximum atomic E-state index is 12.7. The number of rotatable bonds is 5. The third kappa shape index (κ3) is 3.63. The van der Waals surface area contributed by atoms with Crippen LogP contribution < -0.4 is 10.6 Å². The van der Waals surface area contributed by atoms with Crippen molar-refractivity contribution in [3.63, 3.8) is 0 Å². The van der Waals surface area contributed by atoms with Crippen LogP contribution in [0.1, 0.15) is 35.7 Å². The standard InChI is InChI=1S/C20H19ClN2O3/c1-12-6-7-15(21)11-17(12)23-19(26)20(8-9-20)18(25)22-16-5-3-4-14(10-16)13(2)24/h3-7,10-11H,8-9H2,1-2H3,(H,22,25)(H,23,26). The Morgan fingerprint density at radius 1 is 1.00 bits per heavy atom. The molecule has 0 aliphatic heterocycles. The van der Waals surface area contributed by atoms with Gasteiger partial charge in [0.15, 0.2) is 5.78 Å². The Kier molecular flexibility index (Phi) is 4.83. The van der Waals surface area contributed by atoms with Crippen LogP contribution in [0.5, 0.6) is 0 Å². The van der Waals surface area contributed by atoms with Gasteiger partial charge in [-0.25, -0.2) is 0 Å². The summed E-state index contributed by atoms with van der Waals surface area (Å²) in [7, 11) is 0. The maximum absolute atomic E-state index is 12.7. The van der Waals surface area contributed by atoms with Gasteiger partial charge in [-0.1, -0.05) is 29.8 Å². The maximum Gasteiger partial charge on any atom is 0.240 e. The Morgan fingerprint density at radius 2 is 1.69 bits per heavy atom. The van der Waals surface area contributed by atoms with Gasteiger partial charge in [0.2, 0.25) is 11.8 Å². The van der Waals surface area contributed by atoms with E-state index in [0.717, 1.165) is 5.56 Å². The average molecular weight is 371 g/mol. The van der Waals surface area contributed by atoms with Crippen molar-refractivity contribution in [2.24, 2.45) is 5.41 Å². The SMILES string of the molecule is CC(=O)c1cccc(NC(=O)C2(C(=O)Nc3cc(Cl)ccc3C)CC2)c1. The Hall–Kier alpha value is -2.66. The molecule has 2 aromatic rings. The zero-order chi connectivity index (χ0) is 18.9. The molecule has 1 saturated carbocycles. The second kappa shape index (κ2) is 6.92. The molecular formula is C20H19ClN2O3. The number of amides is 2. The van der Waals surface area contributed by atoms with Crippen LogP contribution in [0.15, 0.2) is 42.5 Å². The first-order chi connectivity index (χ1) is 12.3. The lowest BCUT2D eigenvalue weighted by Gasteiger charge is -2.17. The van der Waals surface area contributed by atoms with Crippen molar-refractivity contribution in [3.05, 3.63) is 58.6 Å². The molecule has 2 aromatic carbocycles. The van der Waals surface area contributed by atoms with E-state index in [1.165, 1.54) is 6.92 Å². The molecule has 0 bridgehead atoms. The van der Waals surface area contributed by atoms with Crippen LogP contribution in [-0.2, 0) is 9.59 Å². The summed E-state index contributed by atoms with van der Waals surface area (Å²) in [5, 5.41) is 6.08. The third-order valence-electron chi connectivity index (χ3n) is 4.59. The van der Waals surface area contributed by atoms with Gasteiger partial charge in [0.05, 0.1) is 0 Å². The van der Waals surface area contributed by atoms with Gasteiger partial charge in [-0.2, -0.15) is 0 Å². The number of benzene rings is 2. The van der Waals surface area contributed by atoms with Gasteiger partial charge >= 0.3 is 0 Å². The van der Waals surface area contributed by atoms with Gasteiger partial charge < -0.3 is 10.6 Å². The topological polar surface area (TPSA) is 75.3 Å². The predicted octanol–water partition coefficient (Wildman–Crippen LogP) is 4.21. The zero-order valence-corrected chi connectivity index (χ0v) is 15.3. The summed E-state index contributed by atoms with van der Waals surface area (Å²) in [6, 6.07) is 11.9. The lowest BCUT2D eigenvalue weighted by atomic mass is 10.0. The monoisotopic (exact) mass is 370 g/mol. The molecule has 0 radical (unpaired) electrons. The van der Waals surface area contributed by atoms with E-state index in [4.69, 9.17) is 11.6 Å². The summed E-state index contributed by atoms with van der Waals surface area (Å²) in [6.07, 6.45) is 0.966. The van der Waals surface area contributed by atoms with Crippen LogP contribution >= 0.6 is 11.6 Å². The van der Waals surface area contributed by atoms with Crippen molar-refractivity contribution in [1.82, 2.24) is 0 Å². The lowest BCUT2D eigenvalue weighted by Crippen LogP contribution is -2.35. The van der Waals surface area contributed by atoms with Gasteiger partial charge in [-0.15, -0.1) is 0 Å². The molecule has 2 N–H and O–H groups in total. The van der Waals surface area contributed by atoms with Crippen molar-refractivity contribution in [1.29, 1.82) is 0 Å². The number of hydrogen-bond acceptors (Lipinski definition) is 3. The fourth-order valence-corrected chi connectivity index (χ4v) is 2.89. The second-order valence-corrected chi connectivity index (χ2v) is 7.02.